The van der Waals surface area contributed by atoms with Crippen molar-refractivity contribution in [1.82, 2.24) is 15.5 Å². The molecule has 4 N–H and O–H groups in total. The number of hydrogen-bond acceptors (Lipinski definition) is 5. The quantitative estimate of drug-likeness (QED) is 0.677. The van der Waals surface area contributed by atoms with Gasteiger partial charge in [0.05, 0.1) is 0 Å². The van der Waals surface area contributed by atoms with Crippen molar-refractivity contribution in [1.29, 1.82) is 0 Å². The normalized spacial score (nSPS) is 16.1. The average molecular weight is 249 g/mol. The first-order valence-corrected chi connectivity index (χ1v) is 6.32. The highest BCUT2D eigenvalue weighted by Gasteiger charge is 2.28. The lowest BCUT2D eigenvalue weighted by Crippen LogP contribution is -2.31. The van der Waals surface area contributed by atoms with Gasteiger partial charge in [0.15, 0.2) is 5.69 Å². The molecule has 0 aromatic carbocycles. The third-order valence-corrected chi connectivity index (χ3v) is 2.98. The third-order valence-electron chi connectivity index (χ3n) is 2.98. The van der Waals surface area contributed by atoms with Gasteiger partial charge in [-0.15, -0.1) is 10.2 Å². The summed E-state index contributed by atoms with van der Waals surface area (Å²) >= 11 is 0. The van der Waals surface area contributed by atoms with Crippen LogP contribution in [-0.4, -0.2) is 35.2 Å². The summed E-state index contributed by atoms with van der Waals surface area (Å²) in [6, 6.07) is 3.58. The summed E-state index contributed by atoms with van der Waals surface area (Å²) in [5, 5.41) is 13.6. The molecule has 1 aromatic heterocycles. The fraction of sp³-hybridized carbons (Fsp3) is 0.583. The largest absolute Gasteiger partial charge is 0.367 e. The standard InChI is InChI=1S/C12H19N5O/c1-2-14-12(18)10-5-6-11(17-16-10)15-7-9(13)8-3-4-8/h5-6,8-9H,2-4,7,13H2,1H3,(H,14,18)(H,15,17). The molecule has 1 aliphatic rings. The first kappa shape index (κ1) is 12.8. The van der Waals surface area contributed by atoms with Crippen molar-refractivity contribution < 1.29 is 4.79 Å². The van der Waals surface area contributed by atoms with Crippen LogP contribution in [0.4, 0.5) is 5.82 Å². The molecule has 0 radical (unpaired) electrons. The Kier molecular flexibility index (Phi) is 4.09. The Bertz CT molecular complexity index is 401. The highest BCUT2D eigenvalue weighted by Crippen LogP contribution is 2.31. The molecular weight excluding hydrogens is 230 g/mol. The summed E-state index contributed by atoms with van der Waals surface area (Å²) in [4.78, 5) is 11.5. The van der Waals surface area contributed by atoms with Crippen LogP contribution in [0, 0.1) is 5.92 Å². The Labute approximate surface area is 106 Å². The second-order valence-corrected chi connectivity index (χ2v) is 4.55. The Morgan fingerprint density at radius 2 is 2.28 bits per heavy atom. The maximum Gasteiger partial charge on any atom is 0.271 e. The van der Waals surface area contributed by atoms with Crippen molar-refractivity contribution in [2.24, 2.45) is 11.7 Å². The molecule has 2 rings (SSSR count). The lowest BCUT2D eigenvalue weighted by atomic mass is 10.2. The van der Waals surface area contributed by atoms with Gasteiger partial charge in [-0.25, -0.2) is 0 Å². The van der Waals surface area contributed by atoms with Crippen LogP contribution in [-0.2, 0) is 0 Å². The minimum Gasteiger partial charge on any atom is -0.367 e. The van der Waals surface area contributed by atoms with E-state index in [9.17, 15) is 4.79 Å². The summed E-state index contributed by atoms with van der Waals surface area (Å²) in [5.41, 5.74) is 6.30. The molecule has 18 heavy (non-hydrogen) atoms. The van der Waals surface area contributed by atoms with Gasteiger partial charge in [-0.1, -0.05) is 0 Å². The Morgan fingerprint density at radius 1 is 1.50 bits per heavy atom. The van der Waals surface area contributed by atoms with Crippen LogP contribution in [0.25, 0.3) is 0 Å². The summed E-state index contributed by atoms with van der Waals surface area (Å²) in [7, 11) is 0. The molecule has 0 bridgehead atoms. The minimum atomic E-state index is -0.203. The summed E-state index contributed by atoms with van der Waals surface area (Å²) in [5.74, 6) is 1.10. The third kappa shape index (κ3) is 3.40. The molecule has 1 aliphatic carbocycles. The van der Waals surface area contributed by atoms with E-state index in [1.165, 1.54) is 12.8 Å². The van der Waals surface area contributed by atoms with E-state index >= 15 is 0 Å². The highest BCUT2D eigenvalue weighted by molar-refractivity contribution is 5.92. The zero-order valence-electron chi connectivity index (χ0n) is 10.5. The van der Waals surface area contributed by atoms with Gasteiger partial charge in [-0.05, 0) is 37.8 Å². The van der Waals surface area contributed by atoms with Crippen molar-refractivity contribution in [3.8, 4) is 0 Å². The molecule has 6 nitrogen and oxygen atoms in total. The van der Waals surface area contributed by atoms with Crippen LogP contribution in [0.15, 0.2) is 12.1 Å². The smallest absolute Gasteiger partial charge is 0.271 e. The van der Waals surface area contributed by atoms with Gasteiger partial charge >= 0.3 is 0 Å². The molecular formula is C12H19N5O. The molecule has 6 heteroatoms. The number of aromatic nitrogens is 2. The van der Waals surface area contributed by atoms with Crippen molar-refractivity contribution in [2.75, 3.05) is 18.4 Å². The van der Waals surface area contributed by atoms with Gasteiger partial charge in [0.2, 0.25) is 0 Å². The Balaban J connectivity index is 1.84. The van der Waals surface area contributed by atoms with Gasteiger partial charge in [-0.2, -0.15) is 0 Å². The number of hydrogen-bond donors (Lipinski definition) is 3. The lowest BCUT2D eigenvalue weighted by molar-refractivity contribution is 0.0950. The lowest BCUT2D eigenvalue weighted by Gasteiger charge is -2.11. The van der Waals surface area contributed by atoms with Crippen LogP contribution in [0.2, 0.25) is 0 Å². The molecule has 1 heterocycles. The number of nitrogens with two attached hydrogens (primary N) is 1. The van der Waals surface area contributed by atoms with Gasteiger partial charge < -0.3 is 16.4 Å². The SMILES string of the molecule is CCNC(=O)c1ccc(NCC(N)C2CC2)nn1. The topological polar surface area (TPSA) is 92.9 Å². The molecule has 1 aromatic rings. The molecule has 0 spiro atoms. The zero-order chi connectivity index (χ0) is 13.0. The van der Waals surface area contributed by atoms with E-state index in [0.717, 1.165) is 0 Å². The summed E-state index contributed by atoms with van der Waals surface area (Å²) in [6.45, 7) is 3.14. The Hall–Kier alpha value is -1.69. The molecule has 1 atom stereocenters. The number of carbonyl (C=O) groups excluding carboxylic acids is 1. The number of amides is 1. The average Bonchev–Trinajstić information content (AvgIpc) is 3.21. The maximum absolute atomic E-state index is 11.5. The molecule has 98 valence electrons. The first-order valence-electron chi connectivity index (χ1n) is 6.32. The predicted molar refractivity (Wildman–Crippen MR) is 69.2 cm³/mol. The molecule has 1 fully saturated rings. The van der Waals surface area contributed by atoms with Gasteiger partial charge in [0.1, 0.15) is 5.82 Å². The monoisotopic (exact) mass is 249 g/mol. The maximum atomic E-state index is 11.5. The fourth-order valence-electron chi connectivity index (χ4n) is 1.71. The molecule has 1 amide bonds. The van der Waals surface area contributed by atoms with Gasteiger partial charge in [0.25, 0.3) is 5.91 Å². The van der Waals surface area contributed by atoms with Crippen molar-refractivity contribution in [2.45, 2.75) is 25.8 Å². The van der Waals surface area contributed by atoms with Crippen molar-refractivity contribution in [3.05, 3.63) is 17.8 Å². The van der Waals surface area contributed by atoms with Crippen LogP contribution in [0.5, 0.6) is 0 Å². The minimum absolute atomic E-state index is 0.176. The second-order valence-electron chi connectivity index (χ2n) is 4.55. The number of anilines is 1. The molecule has 0 aliphatic heterocycles. The van der Waals surface area contributed by atoms with Gasteiger partial charge in [0, 0.05) is 19.1 Å². The van der Waals surface area contributed by atoms with Crippen molar-refractivity contribution in [3.63, 3.8) is 0 Å². The molecule has 1 unspecified atom stereocenters. The summed E-state index contributed by atoms with van der Waals surface area (Å²) < 4.78 is 0. The van der Waals surface area contributed by atoms with Gasteiger partial charge in [-0.3, -0.25) is 4.79 Å². The second kappa shape index (κ2) is 5.77. The van der Waals surface area contributed by atoms with E-state index in [1.807, 2.05) is 6.92 Å². The van der Waals surface area contributed by atoms with Crippen LogP contribution in [0.1, 0.15) is 30.3 Å². The number of carbonyl (C=O) groups is 1. The number of nitrogens with zero attached hydrogens (tertiary/aromatic N) is 2. The number of nitrogens with one attached hydrogen (secondary N) is 2. The van der Waals surface area contributed by atoms with Crippen LogP contribution >= 0.6 is 0 Å². The van der Waals surface area contributed by atoms with E-state index < -0.39 is 0 Å². The number of rotatable bonds is 6. The highest BCUT2D eigenvalue weighted by atomic mass is 16.1. The van der Waals surface area contributed by atoms with Crippen molar-refractivity contribution >= 4 is 11.7 Å². The first-order chi connectivity index (χ1) is 8.70. The van der Waals surface area contributed by atoms with E-state index in [4.69, 9.17) is 5.73 Å². The molecule has 1 saturated carbocycles. The van der Waals surface area contributed by atoms with E-state index in [-0.39, 0.29) is 11.9 Å². The molecule has 0 saturated heterocycles. The zero-order valence-corrected chi connectivity index (χ0v) is 10.5. The van der Waals surface area contributed by atoms with Crippen LogP contribution < -0.4 is 16.4 Å². The summed E-state index contributed by atoms with van der Waals surface area (Å²) in [6.07, 6.45) is 2.45. The van der Waals surface area contributed by atoms with E-state index in [0.29, 0.717) is 30.5 Å². The fourth-order valence-corrected chi connectivity index (χ4v) is 1.71. The predicted octanol–water partition coefficient (Wildman–Crippen LogP) is 0.375. The van der Waals surface area contributed by atoms with E-state index in [2.05, 4.69) is 20.8 Å². The van der Waals surface area contributed by atoms with Crippen LogP contribution in [0.3, 0.4) is 0 Å². The van der Waals surface area contributed by atoms with E-state index in [1.54, 1.807) is 12.1 Å². The Morgan fingerprint density at radius 3 is 2.83 bits per heavy atom.